The lowest BCUT2D eigenvalue weighted by molar-refractivity contribution is -0.418. The van der Waals surface area contributed by atoms with Gasteiger partial charge in [0.15, 0.2) is 0 Å². The molecule has 308 valence electrons. The fourth-order valence-electron chi connectivity index (χ4n) is 8.01. The van der Waals surface area contributed by atoms with Crippen LogP contribution in [0.15, 0.2) is 145 Å². The highest BCUT2D eigenvalue weighted by Crippen LogP contribution is 2.52. The monoisotopic (exact) mass is 807 g/mol. The molecule has 0 amide bonds. The standard InChI is InChI=1S/C25H27O6.C25H20O3.CH4/c1-26-16-10-7-11-17(27-2)22(16)25(23-18(28-3)12-8-13-19(23)29-4)24-20(30-5)14-9-15-21(24)31-6;1-27-18-11-9-17(10-12-18)25(26)22-14-13-19(28-2)15-21(22)20-7-3-5-16-6-4-8-23(25)24(16)20;/h7-15H,1-6H3;3-15,26H,1-2H3;1H4/q+1;;. The topological polar surface area (TPSA) is 96.1 Å². The Morgan fingerprint density at radius 2 is 1.08 bits per heavy atom. The second-order valence-electron chi connectivity index (χ2n) is 13.5. The van der Waals surface area contributed by atoms with Gasteiger partial charge in [-0.1, -0.05) is 74.2 Å². The van der Waals surface area contributed by atoms with Crippen LogP contribution >= 0.6 is 0 Å². The Morgan fingerprint density at radius 3 is 1.60 bits per heavy atom. The van der Waals surface area contributed by atoms with Crippen LogP contribution in [0.5, 0.6) is 34.5 Å². The molecule has 0 aliphatic heterocycles. The Bertz CT molecular complexity index is 2530. The van der Waals surface area contributed by atoms with Crippen molar-refractivity contribution in [2.75, 3.05) is 56.9 Å². The molecule has 9 heteroatoms. The first-order valence-corrected chi connectivity index (χ1v) is 18.9. The number of allylic oxidation sites excluding steroid dienone is 4. The van der Waals surface area contributed by atoms with Crippen molar-refractivity contribution in [2.24, 2.45) is 0 Å². The smallest absolute Gasteiger partial charge is 0.354 e. The minimum atomic E-state index is -1.26. The highest BCUT2D eigenvalue weighted by molar-refractivity contribution is 6.17. The van der Waals surface area contributed by atoms with E-state index in [0.717, 1.165) is 72.4 Å². The van der Waals surface area contributed by atoms with Gasteiger partial charge in [0.2, 0.25) is 0 Å². The summed E-state index contributed by atoms with van der Waals surface area (Å²) in [7, 11) is 13.0. The molecule has 2 aliphatic carbocycles. The van der Waals surface area contributed by atoms with E-state index in [2.05, 4.69) is 24.3 Å². The number of benzene rings is 6. The Kier molecular flexibility index (Phi) is 13.0. The van der Waals surface area contributed by atoms with E-state index in [1.807, 2.05) is 109 Å². The average molecular weight is 808 g/mol. The Labute approximate surface area is 352 Å². The van der Waals surface area contributed by atoms with E-state index in [1.54, 1.807) is 56.9 Å². The summed E-state index contributed by atoms with van der Waals surface area (Å²) >= 11 is 0. The predicted molar refractivity (Wildman–Crippen MR) is 238 cm³/mol. The predicted octanol–water partition coefficient (Wildman–Crippen LogP) is 10.1. The highest BCUT2D eigenvalue weighted by atomic mass is 16.5. The van der Waals surface area contributed by atoms with Crippen LogP contribution in [0.4, 0.5) is 0 Å². The Morgan fingerprint density at radius 1 is 0.550 bits per heavy atom. The molecule has 0 fully saturated rings. The van der Waals surface area contributed by atoms with Gasteiger partial charge in [-0.05, 0) is 88.1 Å². The lowest BCUT2D eigenvalue weighted by Gasteiger charge is -2.37. The van der Waals surface area contributed by atoms with Gasteiger partial charge in [-0.25, -0.2) is 0 Å². The molecule has 6 aromatic carbocycles. The minimum absolute atomic E-state index is 0. The summed E-state index contributed by atoms with van der Waals surface area (Å²) in [6, 6.07) is 37.1. The van der Waals surface area contributed by atoms with Crippen LogP contribution in [0.3, 0.4) is 0 Å². The molecule has 0 bridgehead atoms. The van der Waals surface area contributed by atoms with Crippen LogP contribution in [0.2, 0.25) is 0 Å². The molecule has 1 N–H and O–H groups in total. The zero-order valence-corrected chi connectivity index (χ0v) is 34.4. The van der Waals surface area contributed by atoms with Gasteiger partial charge < -0.3 is 38.3 Å². The molecule has 1 unspecified atom stereocenters. The van der Waals surface area contributed by atoms with Gasteiger partial charge in [0.25, 0.3) is 7.11 Å². The first kappa shape index (κ1) is 42.6. The van der Waals surface area contributed by atoms with E-state index in [0.29, 0.717) is 34.5 Å². The zero-order chi connectivity index (χ0) is 41.7. The summed E-state index contributed by atoms with van der Waals surface area (Å²) in [6.45, 7) is 0. The second kappa shape index (κ2) is 18.3. The van der Waals surface area contributed by atoms with Crippen LogP contribution in [-0.2, 0) is 14.8 Å². The SMILES string of the molecule is C.COC1=CC=CC(=[O+]C)C1=C(c1c(OC)cccc1OC)c1c(OC)cccc1OC.COc1ccc(C2(O)c3ccc(OC)cc3-c3cccc4cccc2c34)cc1. The number of methoxy groups -OCH3 is 7. The van der Waals surface area contributed by atoms with Gasteiger partial charge in [-0.2, -0.15) is 0 Å². The second-order valence-corrected chi connectivity index (χ2v) is 13.5. The molecule has 0 spiro atoms. The number of rotatable bonds is 10. The number of carbonyl (C=O) groups excluding carboxylic acids is 1. The van der Waals surface area contributed by atoms with E-state index in [9.17, 15) is 5.11 Å². The summed E-state index contributed by atoms with van der Waals surface area (Å²) in [5.74, 6) is 5.26. The van der Waals surface area contributed by atoms with Crippen LogP contribution < -0.4 is 28.4 Å². The summed E-state index contributed by atoms with van der Waals surface area (Å²) in [6.07, 6.45) is 5.63. The van der Waals surface area contributed by atoms with E-state index in [-0.39, 0.29) is 7.43 Å². The molecule has 0 saturated carbocycles. The van der Waals surface area contributed by atoms with Crippen molar-refractivity contribution >= 4 is 22.1 Å². The van der Waals surface area contributed by atoms with E-state index in [1.165, 1.54) is 0 Å². The van der Waals surface area contributed by atoms with Gasteiger partial charge in [-0.15, -0.1) is 0 Å². The lowest BCUT2D eigenvalue weighted by Crippen LogP contribution is -2.32. The molecule has 6 aromatic rings. The van der Waals surface area contributed by atoms with Crippen molar-refractivity contribution in [3.8, 4) is 45.6 Å². The maximum atomic E-state index is 12.2. The van der Waals surface area contributed by atoms with Crippen LogP contribution in [0.25, 0.3) is 27.5 Å². The fraction of sp³-hybridized carbons (Fsp3) is 0.196. The van der Waals surface area contributed by atoms with Crippen molar-refractivity contribution in [3.63, 3.8) is 0 Å². The lowest BCUT2D eigenvalue weighted by atomic mass is 9.70. The van der Waals surface area contributed by atoms with Crippen molar-refractivity contribution in [2.45, 2.75) is 13.0 Å². The first-order valence-electron chi connectivity index (χ1n) is 18.9. The third-order valence-electron chi connectivity index (χ3n) is 10.7. The van der Waals surface area contributed by atoms with Crippen LogP contribution in [-0.4, -0.2) is 67.8 Å². The van der Waals surface area contributed by atoms with Crippen molar-refractivity contribution in [1.82, 2.24) is 0 Å². The van der Waals surface area contributed by atoms with E-state index >= 15 is 0 Å². The molecular formula is C51H51O9+. The Balaban J connectivity index is 0.000000199. The summed E-state index contributed by atoms with van der Waals surface area (Å²) in [5.41, 5.74) is 6.28. The molecule has 2 aliphatic rings. The quantitative estimate of drug-likeness (QED) is 0.108. The average Bonchev–Trinajstić information content (AvgIpc) is 3.30. The molecule has 9 nitrogen and oxygen atoms in total. The number of aliphatic hydroxyl groups is 1. The van der Waals surface area contributed by atoms with Gasteiger partial charge in [0.05, 0.1) is 60.9 Å². The summed E-state index contributed by atoms with van der Waals surface area (Å²) in [4.78, 5) is 0. The van der Waals surface area contributed by atoms with Gasteiger partial charge in [-0.3, -0.25) is 4.42 Å². The van der Waals surface area contributed by atoms with Crippen molar-refractivity contribution < 1.29 is 42.7 Å². The number of fused-ring (bicyclic) bond motifs is 2. The molecule has 0 saturated heterocycles. The summed E-state index contributed by atoms with van der Waals surface area (Å²) in [5, 5.41) is 14.4. The maximum absolute atomic E-state index is 12.2. The van der Waals surface area contributed by atoms with Crippen molar-refractivity contribution in [3.05, 3.63) is 173 Å². The van der Waals surface area contributed by atoms with Crippen molar-refractivity contribution in [1.29, 1.82) is 0 Å². The van der Waals surface area contributed by atoms with Gasteiger partial charge >= 0.3 is 5.78 Å². The highest BCUT2D eigenvalue weighted by Gasteiger charge is 2.41. The third kappa shape index (κ3) is 7.33. The number of ketones is 1. The summed E-state index contributed by atoms with van der Waals surface area (Å²) < 4.78 is 45.2. The molecule has 60 heavy (non-hydrogen) atoms. The maximum Gasteiger partial charge on any atom is 0.354 e. The van der Waals surface area contributed by atoms with Gasteiger partial charge in [0.1, 0.15) is 51.4 Å². The molecule has 0 heterocycles. The van der Waals surface area contributed by atoms with Crippen LogP contribution in [0, 0.1) is 0 Å². The largest absolute Gasteiger partial charge is 0.497 e. The Hall–Kier alpha value is -6.97. The zero-order valence-electron chi connectivity index (χ0n) is 34.4. The van der Waals surface area contributed by atoms with Gasteiger partial charge in [0, 0.05) is 22.8 Å². The molecule has 0 radical (unpaired) electrons. The molecule has 0 aromatic heterocycles. The minimum Gasteiger partial charge on any atom is -0.497 e. The number of hydrogen-bond acceptors (Lipinski definition) is 8. The number of hydrogen-bond donors (Lipinski definition) is 1. The third-order valence-corrected chi connectivity index (χ3v) is 10.7. The molecule has 1 atom stereocenters. The first-order chi connectivity index (χ1) is 28.8. The molecule has 8 rings (SSSR count). The fourth-order valence-corrected chi connectivity index (χ4v) is 8.01. The number of ether oxygens (including phenoxy) is 7. The normalized spacial score (nSPS) is 15.4. The van der Waals surface area contributed by atoms with E-state index in [4.69, 9.17) is 37.6 Å². The van der Waals surface area contributed by atoms with Crippen LogP contribution in [0.1, 0.15) is 35.2 Å². The molecular weight excluding hydrogens is 757 g/mol. The van der Waals surface area contributed by atoms with E-state index < -0.39 is 5.60 Å².